The summed E-state index contributed by atoms with van der Waals surface area (Å²) in [4.78, 5) is 29.2. The van der Waals surface area contributed by atoms with Crippen LogP contribution in [0.3, 0.4) is 0 Å². The summed E-state index contributed by atoms with van der Waals surface area (Å²) < 4.78 is 28.7. The van der Waals surface area contributed by atoms with Gasteiger partial charge in [-0.25, -0.2) is 8.42 Å². The van der Waals surface area contributed by atoms with Gasteiger partial charge in [-0.05, 0) is 49.1 Å². The lowest BCUT2D eigenvalue weighted by atomic mass is 9.95. The fourth-order valence-corrected chi connectivity index (χ4v) is 6.52. The second-order valence-corrected chi connectivity index (χ2v) is 11.8. The summed E-state index contributed by atoms with van der Waals surface area (Å²) >= 11 is 0. The van der Waals surface area contributed by atoms with E-state index in [1.165, 1.54) is 23.5 Å². The van der Waals surface area contributed by atoms with Crippen molar-refractivity contribution in [2.24, 2.45) is 0 Å². The third-order valence-corrected chi connectivity index (χ3v) is 8.98. The van der Waals surface area contributed by atoms with E-state index in [1.807, 2.05) is 37.3 Å². The number of para-hydroxylation sites is 1. The number of nitrogens with one attached hydrogen (secondary N) is 1. The zero-order valence-corrected chi connectivity index (χ0v) is 23.2. The Morgan fingerprint density at radius 1 is 0.846 bits per heavy atom. The average Bonchev–Trinajstić information content (AvgIpc) is 2.97. The van der Waals surface area contributed by atoms with E-state index in [4.69, 9.17) is 0 Å². The number of carbonyl (C=O) groups excluding carboxylic acids is 2. The summed E-state index contributed by atoms with van der Waals surface area (Å²) in [6.07, 6.45) is 5.62. The van der Waals surface area contributed by atoms with Gasteiger partial charge in [-0.3, -0.25) is 13.9 Å². The van der Waals surface area contributed by atoms with Crippen molar-refractivity contribution in [3.63, 3.8) is 0 Å². The summed E-state index contributed by atoms with van der Waals surface area (Å²) in [7, 11) is -4.05. The van der Waals surface area contributed by atoms with Crippen molar-refractivity contribution in [1.29, 1.82) is 0 Å². The zero-order valence-electron chi connectivity index (χ0n) is 22.4. The second kappa shape index (κ2) is 13.4. The number of amides is 2. The molecular weight excluding hydrogens is 510 g/mol. The molecule has 0 unspecified atom stereocenters. The van der Waals surface area contributed by atoms with Gasteiger partial charge in [0.25, 0.3) is 10.0 Å². The van der Waals surface area contributed by atoms with Crippen LogP contribution in [0.15, 0.2) is 95.9 Å². The minimum Gasteiger partial charge on any atom is -0.352 e. The van der Waals surface area contributed by atoms with Crippen molar-refractivity contribution >= 4 is 27.5 Å². The van der Waals surface area contributed by atoms with Crippen LogP contribution in [0.5, 0.6) is 0 Å². The Morgan fingerprint density at radius 3 is 2.00 bits per heavy atom. The quantitative estimate of drug-likeness (QED) is 0.360. The van der Waals surface area contributed by atoms with Gasteiger partial charge in [0.1, 0.15) is 12.6 Å². The molecule has 39 heavy (non-hydrogen) atoms. The molecule has 0 radical (unpaired) electrons. The number of carbonyl (C=O) groups is 2. The van der Waals surface area contributed by atoms with Gasteiger partial charge < -0.3 is 10.2 Å². The molecule has 1 N–H and O–H groups in total. The molecule has 8 heteroatoms. The number of nitrogens with zero attached hydrogens (tertiary/aromatic N) is 2. The molecule has 0 bridgehead atoms. The summed E-state index contributed by atoms with van der Waals surface area (Å²) in [5.41, 5.74) is 1.25. The van der Waals surface area contributed by atoms with E-state index in [1.54, 1.807) is 48.5 Å². The lowest BCUT2D eigenvalue weighted by molar-refractivity contribution is -0.140. The molecule has 1 atom stereocenters. The second-order valence-electron chi connectivity index (χ2n) is 9.94. The van der Waals surface area contributed by atoms with Gasteiger partial charge in [0, 0.05) is 12.6 Å². The maximum atomic E-state index is 14.0. The number of hydrogen-bond donors (Lipinski definition) is 1. The van der Waals surface area contributed by atoms with Gasteiger partial charge in [-0.15, -0.1) is 0 Å². The molecule has 2 amide bonds. The maximum Gasteiger partial charge on any atom is 0.264 e. The smallest absolute Gasteiger partial charge is 0.264 e. The van der Waals surface area contributed by atoms with Gasteiger partial charge >= 0.3 is 0 Å². The van der Waals surface area contributed by atoms with Crippen LogP contribution in [0.4, 0.5) is 5.69 Å². The zero-order chi connectivity index (χ0) is 27.7. The highest BCUT2D eigenvalue weighted by Gasteiger charge is 2.34. The van der Waals surface area contributed by atoms with Gasteiger partial charge in [0.15, 0.2) is 0 Å². The molecule has 0 heterocycles. The van der Waals surface area contributed by atoms with Crippen molar-refractivity contribution in [2.75, 3.05) is 10.8 Å². The summed E-state index contributed by atoms with van der Waals surface area (Å²) in [6, 6.07) is 25.6. The van der Waals surface area contributed by atoms with Gasteiger partial charge in [0.2, 0.25) is 11.8 Å². The molecule has 0 saturated heterocycles. The molecular formula is C31H37N3O4S. The van der Waals surface area contributed by atoms with Crippen LogP contribution in [0, 0.1) is 0 Å². The highest BCUT2D eigenvalue weighted by atomic mass is 32.2. The Hall–Kier alpha value is -3.65. The van der Waals surface area contributed by atoms with Crippen LogP contribution < -0.4 is 9.62 Å². The summed E-state index contributed by atoms with van der Waals surface area (Å²) in [5.74, 6) is -0.626. The maximum absolute atomic E-state index is 14.0. The third-order valence-electron chi connectivity index (χ3n) is 7.19. The highest BCUT2D eigenvalue weighted by Crippen LogP contribution is 2.25. The Morgan fingerprint density at radius 2 is 1.41 bits per heavy atom. The Kier molecular flexibility index (Phi) is 9.76. The summed E-state index contributed by atoms with van der Waals surface area (Å²) in [5, 5.41) is 3.17. The monoisotopic (exact) mass is 547 g/mol. The SMILES string of the molecule is CC[C@H](C(=O)NC1CCCCC1)N(Cc1ccccc1)C(=O)CN(c1ccccc1)S(=O)(=O)c1ccccc1. The van der Waals surface area contributed by atoms with Gasteiger partial charge in [0.05, 0.1) is 10.6 Å². The average molecular weight is 548 g/mol. The molecule has 0 aromatic heterocycles. The third kappa shape index (κ3) is 7.26. The van der Waals surface area contributed by atoms with E-state index in [0.717, 1.165) is 35.6 Å². The molecule has 4 rings (SSSR count). The number of sulfonamides is 1. The van der Waals surface area contributed by atoms with Crippen LogP contribution in [-0.4, -0.2) is 43.8 Å². The lowest BCUT2D eigenvalue weighted by Crippen LogP contribution is -2.54. The Balaban J connectivity index is 1.66. The van der Waals surface area contributed by atoms with E-state index in [-0.39, 0.29) is 23.4 Å². The molecule has 1 aliphatic carbocycles. The molecule has 206 valence electrons. The predicted molar refractivity (Wildman–Crippen MR) is 154 cm³/mol. The number of hydrogen-bond acceptors (Lipinski definition) is 4. The first kappa shape index (κ1) is 28.4. The molecule has 1 fully saturated rings. The van der Waals surface area contributed by atoms with Gasteiger partial charge in [-0.2, -0.15) is 0 Å². The number of benzene rings is 3. The molecule has 1 saturated carbocycles. The number of rotatable bonds is 11. The molecule has 1 aliphatic rings. The Labute approximate surface area is 231 Å². The molecule has 3 aromatic rings. The first-order chi connectivity index (χ1) is 18.9. The number of anilines is 1. The van der Waals surface area contributed by atoms with Gasteiger partial charge in [-0.1, -0.05) is 92.9 Å². The van der Waals surface area contributed by atoms with Crippen molar-refractivity contribution in [3.8, 4) is 0 Å². The van der Waals surface area contributed by atoms with E-state index >= 15 is 0 Å². The summed E-state index contributed by atoms with van der Waals surface area (Å²) in [6.45, 7) is 1.65. The fraction of sp³-hybridized carbons (Fsp3) is 0.355. The van der Waals surface area contributed by atoms with Crippen LogP contribution in [0.2, 0.25) is 0 Å². The Bertz CT molecular complexity index is 1310. The predicted octanol–water partition coefficient (Wildman–Crippen LogP) is 5.14. The molecule has 3 aromatic carbocycles. The van der Waals surface area contributed by atoms with Crippen molar-refractivity contribution in [2.45, 2.75) is 69.0 Å². The fourth-order valence-electron chi connectivity index (χ4n) is 5.09. The van der Waals surface area contributed by atoms with E-state index < -0.39 is 28.5 Å². The van der Waals surface area contributed by atoms with E-state index in [0.29, 0.717) is 12.1 Å². The highest BCUT2D eigenvalue weighted by molar-refractivity contribution is 7.92. The first-order valence-electron chi connectivity index (χ1n) is 13.7. The molecule has 0 aliphatic heterocycles. The molecule has 7 nitrogen and oxygen atoms in total. The minimum absolute atomic E-state index is 0.0957. The minimum atomic E-state index is -4.05. The van der Waals surface area contributed by atoms with Crippen LogP contribution >= 0.6 is 0 Å². The van der Waals surface area contributed by atoms with Crippen molar-refractivity contribution < 1.29 is 18.0 Å². The lowest BCUT2D eigenvalue weighted by Gasteiger charge is -2.34. The first-order valence-corrected chi connectivity index (χ1v) is 15.1. The van der Waals surface area contributed by atoms with Crippen molar-refractivity contribution in [1.82, 2.24) is 10.2 Å². The van der Waals surface area contributed by atoms with Crippen molar-refractivity contribution in [3.05, 3.63) is 96.6 Å². The van der Waals surface area contributed by atoms with Crippen LogP contribution in [0.1, 0.15) is 51.0 Å². The van der Waals surface area contributed by atoms with E-state index in [2.05, 4.69) is 5.32 Å². The van der Waals surface area contributed by atoms with Crippen LogP contribution in [0.25, 0.3) is 0 Å². The van der Waals surface area contributed by atoms with Crippen LogP contribution in [-0.2, 0) is 26.2 Å². The van der Waals surface area contributed by atoms with E-state index in [9.17, 15) is 18.0 Å². The normalized spacial score (nSPS) is 14.8. The topological polar surface area (TPSA) is 86.8 Å². The standard InChI is InChI=1S/C31H37N3O4S/c1-2-29(31(36)32-26-17-9-4-10-18-26)33(23-25-15-7-3-8-16-25)30(35)24-34(27-19-11-5-12-20-27)39(37,38)28-21-13-6-14-22-28/h3,5-8,11-16,19-22,26,29H,2,4,9-10,17-18,23-24H2,1H3,(H,32,36)/t29-/m1/s1. The largest absolute Gasteiger partial charge is 0.352 e. The molecule has 0 spiro atoms.